The number of halogens is 1. The zero-order chi connectivity index (χ0) is 29.7. The number of nitrogens with one attached hydrogen (secondary N) is 2. The Kier molecular flexibility index (Phi) is 9.26. The summed E-state index contributed by atoms with van der Waals surface area (Å²) in [6.07, 6.45) is -0.640. The zero-order valence-corrected chi connectivity index (χ0v) is 23.8. The molecule has 0 fully saturated rings. The number of nitrogens with zero attached hydrogens (tertiary/aromatic N) is 2. The number of rotatable bonds is 8. The molecule has 0 saturated carbocycles. The fourth-order valence-corrected chi connectivity index (χ4v) is 5.67. The molecule has 0 radical (unpaired) electrons. The van der Waals surface area contributed by atoms with Crippen molar-refractivity contribution in [2.75, 3.05) is 37.4 Å². The van der Waals surface area contributed by atoms with E-state index >= 15 is 0 Å². The number of ether oxygens (including phenoxy) is 1. The second kappa shape index (κ2) is 12.7. The van der Waals surface area contributed by atoms with Crippen LogP contribution >= 0.6 is 0 Å². The van der Waals surface area contributed by atoms with Crippen molar-refractivity contribution < 1.29 is 32.2 Å². The van der Waals surface area contributed by atoms with Crippen LogP contribution in [0.25, 0.3) is 0 Å². The minimum absolute atomic E-state index is 0.00739. The van der Waals surface area contributed by atoms with E-state index in [0.717, 1.165) is 0 Å². The van der Waals surface area contributed by atoms with Gasteiger partial charge in [-0.2, -0.15) is 4.31 Å². The Bertz CT molecular complexity index is 1490. The Labute approximate surface area is 238 Å². The number of carbonyl (C=O) groups is 2. The molecule has 3 amide bonds. The third kappa shape index (κ3) is 7.02. The fourth-order valence-electron chi connectivity index (χ4n) is 4.47. The number of aliphatic hydroxyl groups is 1. The highest BCUT2D eigenvalue weighted by Gasteiger charge is 2.35. The normalized spacial score (nSPS) is 18.1. The topological polar surface area (TPSA) is 128 Å². The summed E-state index contributed by atoms with van der Waals surface area (Å²) in [6, 6.07) is 16.8. The molecule has 0 aromatic heterocycles. The number of urea groups is 1. The lowest BCUT2D eigenvalue weighted by Crippen LogP contribution is -2.50. The van der Waals surface area contributed by atoms with Gasteiger partial charge in [-0.3, -0.25) is 4.79 Å². The number of hydrogen-bond donors (Lipinski definition) is 3. The number of aliphatic hydroxyl groups excluding tert-OH is 1. The molecule has 218 valence electrons. The van der Waals surface area contributed by atoms with Gasteiger partial charge in [-0.05, 0) is 61.5 Å². The van der Waals surface area contributed by atoms with E-state index in [1.54, 1.807) is 37.3 Å². The molecule has 0 unspecified atom stereocenters. The molecule has 1 aliphatic heterocycles. The summed E-state index contributed by atoms with van der Waals surface area (Å²) in [4.78, 5) is 27.9. The van der Waals surface area contributed by atoms with E-state index in [4.69, 9.17) is 4.74 Å². The summed E-state index contributed by atoms with van der Waals surface area (Å²) in [5.41, 5.74) is 0.824. The van der Waals surface area contributed by atoms with Gasteiger partial charge in [-0.25, -0.2) is 17.6 Å². The van der Waals surface area contributed by atoms with Crippen molar-refractivity contribution in [1.29, 1.82) is 0 Å². The second-order valence-corrected chi connectivity index (χ2v) is 12.1. The van der Waals surface area contributed by atoms with Crippen molar-refractivity contribution in [2.45, 2.75) is 30.9 Å². The highest BCUT2D eigenvalue weighted by Crippen LogP contribution is 2.31. The molecule has 3 atom stereocenters. The van der Waals surface area contributed by atoms with Gasteiger partial charge >= 0.3 is 6.03 Å². The highest BCUT2D eigenvalue weighted by molar-refractivity contribution is 7.89. The Morgan fingerprint density at radius 1 is 1.10 bits per heavy atom. The number of amides is 3. The largest absolute Gasteiger partial charge is 0.488 e. The summed E-state index contributed by atoms with van der Waals surface area (Å²) >= 11 is 0. The van der Waals surface area contributed by atoms with E-state index in [-0.39, 0.29) is 41.8 Å². The van der Waals surface area contributed by atoms with Gasteiger partial charge < -0.3 is 25.4 Å². The molecule has 41 heavy (non-hydrogen) atoms. The van der Waals surface area contributed by atoms with E-state index in [1.807, 2.05) is 6.92 Å². The molecule has 0 saturated heterocycles. The summed E-state index contributed by atoms with van der Waals surface area (Å²) < 4.78 is 47.0. The van der Waals surface area contributed by atoms with Crippen LogP contribution in [0.2, 0.25) is 0 Å². The Balaban J connectivity index is 1.61. The van der Waals surface area contributed by atoms with Gasteiger partial charge in [0.2, 0.25) is 10.0 Å². The SMILES string of the molecule is C[C@@H]1CN([C@@H](C)CO)C(=O)c2cc(NC(=O)Nc3ccc(F)cc3)ccc2O[C@@H]1CN(C)S(=O)(=O)c1ccccc1. The average Bonchev–Trinajstić information content (AvgIpc) is 2.96. The van der Waals surface area contributed by atoms with Crippen LogP contribution in [-0.4, -0.2) is 73.6 Å². The number of anilines is 2. The number of benzene rings is 3. The first-order valence-corrected chi connectivity index (χ1v) is 14.5. The zero-order valence-electron chi connectivity index (χ0n) is 23.0. The maximum Gasteiger partial charge on any atom is 0.323 e. The number of hydrogen-bond acceptors (Lipinski definition) is 6. The van der Waals surface area contributed by atoms with Gasteiger partial charge in [0.15, 0.2) is 0 Å². The molecule has 3 aromatic rings. The van der Waals surface area contributed by atoms with Crippen molar-refractivity contribution in [3.8, 4) is 5.75 Å². The first-order chi connectivity index (χ1) is 19.5. The van der Waals surface area contributed by atoms with E-state index in [1.165, 1.54) is 58.7 Å². The van der Waals surface area contributed by atoms with E-state index in [2.05, 4.69) is 10.6 Å². The minimum atomic E-state index is -3.80. The number of carbonyl (C=O) groups excluding carboxylic acids is 2. The summed E-state index contributed by atoms with van der Waals surface area (Å²) in [5.74, 6) is -0.917. The molecule has 0 aliphatic carbocycles. The molecule has 10 nitrogen and oxygen atoms in total. The third-order valence-corrected chi connectivity index (χ3v) is 8.75. The fraction of sp³-hybridized carbons (Fsp3) is 0.310. The number of likely N-dealkylation sites (N-methyl/N-ethyl adjacent to an activating group) is 1. The van der Waals surface area contributed by atoms with Gasteiger partial charge in [-0.1, -0.05) is 25.1 Å². The van der Waals surface area contributed by atoms with Crippen molar-refractivity contribution >= 4 is 33.3 Å². The molecule has 12 heteroatoms. The minimum Gasteiger partial charge on any atom is -0.488 e. The van der Waals surface area contributed by atoms with E-state index in [9.17, 15) is 27.5 Å². The van der Waals surface area contributed by atoms with Crippen LogP contribution in [0.1, 0.15) is 24.2 Å². The van der Waals surface area contributed by atoms with Crippen molar-refractivity contribution in [2.24, 2.45) is 5.92 Å². The van der Waals surface area contributed by atoms with Crippen LogP contribution in [0.15, 0.2) is 77.7 Å². The molecule has 0 spiro atoms. The summed E-state index contributed by atoms with van der Waals surface area (Å²) in [6.45, 7) is 3.50. The van der Waals surface area contributed by atoms with Crippen LogP contribution in [0.5, 0.6) is 5.75 Å². The smallest absolute Gasteiger partial charge is 0.323 e. The predicted molar refractivity (Wildman–Crippen MR) is 153 cm³/mol. The van der Waals surface area contributed by atoms with Crippen molar-refractivity contribution in [3.05, 3.63) is 84.2 Å². The van der Waals surface area contributed by atoms with Crippen LogP contribution in [0.4, 0.5) is 20.6 Å². The lowest BCUT2D eigenvalue weighted by atomic mass is 9.99. The van der Waals surface area contributed by atoms with E-state index < -0.39 is 39.9 Å². The van der Waals surface area contributed by atoms with Crippen LogP contribution in [-0.2, 0) is 10.0 Å². The monoisotopic (exact) mass is 584 g/mol. The molecule has 3 N–H and O–H groups in total. The van der Waals surface area contributed by atoms with E-state index in [0.29, 0.717) is 11.4 Å². The Morgan fingerprint density at radius 2 is 1.73 bits per heavy atom. The molecule has 1 aliphatic rings. The number of fused-ring (bicyclic) bond motifs is 1. The van der Waals surface area contributed by atoms with Crippen LogP contribution < -0.4 is 15.4 Å². The predicted octanol–water partition coefficient (Wildman–Crippen LogP) is 4.01. The standard InChI is InChI=1S/C29H33FN4O6S/c1-19-16-34(20(2)18-35)28(36)25-15-23(32-29(37)31-22-11-9-21(30)10-12-22)13-14-26(25)40-27(19)17-33(3)41(38,39)24-7-5-4-6-8-24/h4-15,19-20,27,35H,16-18H2,1-3H3,(H2,31,32,37)/t19-,20+,27-/m1/s1. The van der Waals surface area contributed by atoms with Crippen molar-refractivity contribution in [3.63, 3.8) is 0 Å². The third-order valence-electron chi connectivity index (χ3n) is 6.91. The maximum absolute atomic E-state index is 13.6. The Hall–Kier alpha value is -4.00. The lowest BCUT2D eigenvalue weighted by molar-refractivity contribution is 0.0387. The lowest BCUT2D eigenvalue weighted by Gasteiger charge is -2.38. The number of sulfonamides is 1. The summed E-state index contributed by atoms with van der Waals surface area (Å²) in [5, 5.41) is 15.1. The van der Waals surface area contributed by atoms with Gasteiger partial charge in [-0.15, -0.1) is 0 Å². The molecule has 4 rings (SSSR count). The van der Waals surface area contributed by atoms with Crippen LogP contribution in [0, 0.1) is 11.7 Å². The average molecular weight is 585 g/mol. The second-order valence-electron chi connectivity index (χ2n) is 10.0. The highest BCUT2D eigenvalue weighted by atomic mass is 32.2. The first kappa shape index (κ1) is 30.0. The van der Waals surface area contributed by atoms with Gasteiger partial charge in [0.05, 0.1) is 29.7 Å². The van der Waals surface area contributed by atoms with Gasteiger partial charge in [0, 0.05) is 30.9 Å². The quantitative estimate of drug-likeness (QED) is 0.367. The molecule has 3 aromatic carbocycles. The Morgan fingerprint density at radius 3 is 2.39 bits per heavy atom. The van der Waals surface area contributed by atoms with Gasteiger partial charge in [0.1, 0.15) is 17.7 Å². The molecule has 1 heterocycles. The molecular weight excluding hydrogens is 551 g/mol. The van der Waals surface area contributed by atoms with Crippen molar-refractivity contribution in [1.82, 2.24) is 9.21 Å². The van der Waals surface area contributed by atoms with Crippen LogP contribution in [0.3, 0.4) is 0 Å². The molecule has 0 bridgehead atoms. The van der Waals surface area contributed by atoms with Gasteiger partial charge in [0.25, 0.3) is 5.91 Å². The maximum atomic E-state index is 13.6. The summed E-state index contributed by atoms with van der Waals surface area (Å²) in [7, 11) is -2.32. The first-order valence-electron chi connectivity index (χ1n) is 13.1. The molecular formula is C29H33FN4O6S.